The van der Waals surface area contributed by atoms with Crippen molar-refractivity contribution in [1.29, 1.82) is 0 Å². The fourth-order valence-corrected chi connectivity index (χ4v) is 1.42. The van der Waals surface area contributed by atoms with E-state index in [0.717, 1.165) is 0 Å². The molecule has 0 bridgehead atoms. The number of ether oxygens (including phenoxy) is 2. The van der Waals surface area contributed by atoms with Crippen molar-refractivity contribution in [2.75, 3.05) is 13.7 Å². The Morgan fingerprint density at radius 1 is 1.44 bits per heavy atom. The molecule has 1 aromatic rings. The van der Waals surface area contributed by atoms with Crippen LogP contribution in [0, 0.1) is 10.1 Å². The lowest BCUT2D eigenvalue weighted by Gasteiger charge is -2.12. The van der Waals surface area contributed by atoms with Gasteiger partial charge in [-0.1, -0.05) is 12.1 Å². The van der Waals surface area contributed by atoms with E-state index < -0.39 is 11.1 Å². The van der Waals surface area contributed by atoms with Gasteiger partial charge >= 0.3 is 5.97 Å². The molecule has 7 nitrogen and oxygen atoms in total. The van der Waals surface area contributed by atoms with Crippen LogP contribution in [0.4, 0.5) is 0 Å². The number of rotatable bonds is 6. The minimum Gasteiger partial charge on any atom is -0.496 e. The maximum Gasteiger partial charge on any atom is 0.342 e. The van der Waals surface area contributed by atoms with Gasteiger partial charge in [-0.05, 0) is 18.6 Å². The Kier molecular flexibility index (Phi) is 4.91. The summed E-state index contributed by atoms with van der Waals surface area (Å²) >= 11 is 0. The largest absolute Gasteiger partial charge is 0.496 e. The Balaban J connectivity index is 3.07. The van der Waals surface area contributed by atoms with Crippen LogP contribution >= 0.6 is 0 Å². The van der Waals surface area contributed by atoms with Gasteiger partial charge in [0.15, 0.2) is 0 Å². The summed E-state index contributed by atoms with van der Waals surface area (Å²) in [7, 11) is 1.40. The van der Waals surface area contributed by atoms with Crippen LogP contribution in [0.3, 0.4) is 0 Å². The molecule has 0 spiro atoms. The second-order valence-electron chi connectivity index (χ2n) is 3.21. The summed E-state index contributed by atoms with van der Waals surface area (Å²) in [4.78, 5) is 26.2. The van der Waals surface area contributed by atoms with E-state index in [1.165, 1.54) is 13.2 Å². The second kappa shape index (κ2) is 6.43. The summed E-state index contributed by atoms with van der Waals surface area (Å²) in [6, 6.07) is 4.72. The first kappa shape index (κ1) is 13.8. The van der Waals surface area contributed by atoms with Crippen LogP contribution in [0.1, 0.15) is 22.8 Å². The number of hydrogen-bond donors (Lipinski definition) is 0. The summed E-state index contributed by atoms with van der Waals surface area (Å²) in [5, 5.41) is 9.25. The van der Waals surface area contributed by atoms with Crippen molar-refractivity contribution in [3.63, 3.8) is 0 Å². The van der Waals surface area contributed by atoms with Crippen molar-refractivity contribution in [2.24, 2.45) is 0 Å². The van der Waals surface area contributed by atoms with E-state index in [1.807, 2.05) is 0 Å². The van der Waals surface area contributed by atoms with Crippen LogP contribution in [0.15, 0.2) is 18.2 Å². The third-order valence-electron chi connectivity index (χ3n) is 2.14. The Labute approximate surface area is 103 Å². The molecule has 0 fully saturated rings. The zero-order valence-electron chi connectivity index (χ0n) is 10.0. The van der Waals surface area contributed by atoms with Crippen LogP contribution in [0.5, 0.6) is 5.75 Å². The molecule has 0 aliphatic rings. The second-order valence-corrected chi connectivity index (χ2v) is 3.21. The molecule has 0 aromatic heterocycles. The van der Waals surface area contributed by atoms with Crippen molar-refractivity contribution in [2.45, 2.75) is 13.5 Å². The number of carbonyl (C=O) groups excluding carboxylic acids is 1. The van der Waals surface area contributed by atoms with Crippen molar-refractivity contribution in [1.82, 2.24) is 0 Å². The Bertz CT molecular complexity index is 445. The highest BCUT2D eigenvalue weighted by Gasteiger charge is 2.18. The van der Waals surface area contributed by atoms with Gasteiger partial charge in [0, 0.05) is 0 Å². The fourth-order valence-electron chi connectivity index (χ4n) is 1.42. The van der Waals surface area contributed by atoms with Gasteiger partial charge in [0.05, 0.1) is 13.7 Å². The summed E-state index contributed by atoms with van der Waals surface area (Å²) in [6.07, 6.45) is 0. The first-order valence-corrected chi connectivity index (χ1v) is 5.20. The van der Waals surface area contributed by atoms with E-state index in [9.17, 15) is 14.9 Å². The highest BCUT2D eigenvalue weighted by molar-refractivity contribution is 5.94. The van der Waals surface area contributed by atoms with Crippen LogP contribution in [0.2, 0.25) is 0 Å². The average Bonchev–Trinajstić information content (AvgIpc) is 2.35. The third kappa shape index (κ3) is 3.34. The maximum atomic E-state index is 11.8. The molecule has 0 amide bonds. The quantitative estimate of drug-likeness (QED) is 0.435. The molecule has 0 heterocycles. The molecule has 0 saturated heterocycles. The highest BCUT2D eigenvalue weighted by Crippen LogP contribution is 2.24. The normalized spacial score (nSPS) is 9.67. The molecule has 0 aliphatic carbocycles. The molecular formula is C11H13NO6. The van der Waals surface area contributed by atoms with Gasteiger partial charge in [-0.2, -0.15) is 0 Å². The van der Waals surface area contributed by atoms with Gasteiger partial charge in [-0.25, -0.2) is 4.79 Å². The van der Waals surface area contributed by atoms with Crippen molar-refractivity contribution in [3.8, 4) is 5.75 Å². The van der Waals surface area contributed by atoms with E-state index >= 15 is 0 Å². The topological polar surface area (TPSA) is 87.9 Å². The first-order valence-electron chi connectivity index (χ1n) is 5.20. The minimum atomic E-state index is -0.922. The fraction of sp³-hybridized carbons (Fsp3) is 0.364. The van der Waals surface area contributed by atoms with Crippen LogP contribution < -0.4 is 4.74 Å². The lowest BCUT2D eigenvalue weighted by molar-refractivity contribution is -0.763. The molecule has 0 radical (unpaired) electrons. The van der Waals surface area contributed by atoms with E-state index in [2.05, 4.69) is 4.84 Å². The molecule has 7 heteroatoms. The van der Waals surface area contributed by atoms with Crippen LogP contribution in [-0.4, -0.2) is 24.8 Å². The summed E-state index contributed by atoms with van der Waals surface area (Å²) in [5.41, 5.74) is 0.480. The summed E-state index contributed by atoms with van der Waals surface area (Å²) in [5.74, 6) is -0.310. The Hall–Kier alpha value is -2.31. The number of methoxy groups -OCH3 is 1. The lowest BCUT2D eigenvalue weighted by Crippen LogP contribution is -2.12. The van der Waals surface area contributed by atoms with Crippen molar-refractivity contribution < 1.29 is 24.2 Å². The third-order valence-corrected chi connectivity index (χ3v) is 2.14. The monoisotopic (exact) mass is 255 g/mol. The minimum absolute atomic E-state index is 0.142. The molecule has 1 rings (SSSR count). The van der Waals surface area contributed by atoms with Gasteiger partial charge in [-0.3, -0.25) is 0 Å². The first-order chi connectivity index (χ1) is 8.60. The maximum absolute atomic E-state index is 11.8. The van der Waals surface area contributed by atoms with E-state index in [-0.39, 0.29) is 24.5 Å². The van der Waals surface area contributed by atoms with Crippen molar-refractivity contribution >= 4 is 5.97 Å². The molecular weight excluding hydrogens is 242 g/mol. The molecule has 0 N–H and O–H groups in total. The van der Waals surface area contributed by atoms with Crippen LogP contribution in [-0.2, 0) is 16.2 Å². The Morgan fingerprint density at radius 3 is 2.72 bits per heavy atom. The summed E-state index contributed by atoms with van der Waals surface area (Å²) < 4.78 is 9.91. The molecule has 0 unspecified atom stereocenters. The van der Waals surface area contributed by atoms with Gasteiger partial charge in [0.2, 0.25) is 0 Å². The average molecular weight is 255 g/mol. The van der Waals surface area contributed by atoms with Crippen molar-refractivity contribution in [3.05, 3.63) is 39.4 Å². The van der Waals surface area contributed by atoms with Crippen LogP contribution in [0.25, 0.3) is 0 Å². The predicted octanol–water partition coefficient (Wildman–Crippen LogP) is 1.58. The number of nitrogens with zero attached hydrogens (tertiary/aromatic N) is 1. The zero-order chi connectivity index (χ0) is 13.5. The zero-order valence-corrected chi connectivity index (χ0v) is 10.0. The van der Waals surface area contributed by atoms with E-state index in [4.69, 9.17) is 9.47 Å². The van der Waals surface area contributed by atoms with E-state index in [0.29, 0.717) is 5.56 Å². The van der Waals surface area contributed by atoms with Gasteiger partial charge in [0.25, 0.3) is 5.09 Å². The number of carbonyl (C=O) groups is 1. The lowest BCUT2D eigenvalue weighted by atomic mass is 10.1. The molecule has 0 atom stereocenters. The van der Waals surface area contributed by atoms with Gasteiger partial charge in [-0.15, -0.1) is 10.1 Å². The van der Waals surface area contributed by atoms with Gasteiger partial charge < -0.3 is 14.3 Å². The SMILES string of the molecule is CCOC(=O)c1c(CO[N+](=O)[O-])cccc1OC. The molecule has 18 heavy (non-hydrogen) atoms. The smallest absolute Gasteiger partial charge is 0.342 e. The Morgan fingerprint density at radius 2 is 2.17 bits per heavy atom. The standard InChI is InChI=1S/C11H13NO6/c1-3-17-11(13)10-8(7-18-12(14)15)5-4-6-9(10)16-2/h4-6H,3,7H2,1-2H3. The molecule has 0 saturated carbocycles. The highest BCUT2D eigenvalue weighted by atomic mass is 16.9. The predicted molar refractivity (Wildman–Crippen MR) is 60.7 cm³/mol. The number of hydrogen-bond acceptors (Lipinski definition) is 6. The van der Waals surface area contributed by atoms with E-state index in [1.54, 1.807) is 19.1 Å². The number of esters is 1. The molecule has 1 aromatic carbocycles. The molecule has 0 aliphatic heterocycles. The molecule has 98 valence electrons. The summed E-state index contributed by atoms with van der Waals surface area (Å²) in [6.45, 7) is 1.53. The van der Waals surface area contributed by atoms with Gasteiger partial charge in [0.1, 0.15) is 17.9 Å². The number of benzene rings is 1.